The number of nitrogens with one attached hydrogen (secondary N) is 2. The summed E-state index contributed by atoms with van der Waals surface area (Å²) in [4.78, 5) is 2.39. The van der Waals surface area contributed by atoms with Crippen molar-refractivity contribution >= 4 is 33.3 Å². The third kappa shape index (κ3) is 5.90. The summed E-state index contributed by atoms with van der Waals surface area (Å²) in [6.07, 6.45) is 0. The SMILES string of the molecule is C[C@H](NC(=S)NCCN1CCOCC1)c1ccc(Br)cc1. The summed E-state index contributed by atoms with van der Waals surface area (Å²) in [5.41, 5.74) is 1.22. The van der Waals surface area contributed by atoms with Crippen molar-refractivity contribution in [3.05, 3.63) is 34.3 Å². The van der Waals surface area contributed by atoms with E-state index in [9.17, 15) is 0 Å². The molecule has 21 heavy (non-hydrogen) atoms. The number of morpholine rings is 1. The highest BCUT2D eigenvalue weighted by Crippen LogP contribution is 2.16. The van der Waals surface area contributed by atoms with E-state index >= 15 is 0 Å². The van der Waals surface area contributed by atoms with E-state index in [1.165, 1.54) is 5.56 Å². The van der Waals surface area contributed by atoms with E-state index in [1.54, 1.807) is 0 Å². The molecule has 1 heterocycles. The van der Waals surface area contributed by atoms with Crippen LogP contribution in [0.1, 0.15) is 18.5 Å². The van der Waals surface area contributed by atoms with Gasteiger partial charge in [-0.2, -0.15) is 0 Å². The molecule has 0 unspecified atom stereocenters. The molecule has 2 N–H and O–H groups in total. The Bertz CT molecular complexity index is 449. The summed E-state index contributed by atoms with van der Waals surface area (Å²) >= 11 is 8.79. The lowest BCUT2D eigenvalue weighted by molar-refractivity contribution is 0.0389. The first-order valence-corrected chi connectivity index (χ1v) is 8.45. The van der Waals surface area contributed by atoms with Gasteiger partial charge in [-0.05, 0) is 36.8 Å². The average Bonchev–Trinajstić information content (AvgIpc) is 2.49. The van der Waals surface area contributed by atoms with Gasteiger partial charge in [0.2, 0.25) is 0 Å². The Hall–Kier alpha value is -0.690. The van der Waals surface area contributed by atoms with Crippen LogP contribution >= 0.6 is 28.1 Å². The lowest BCUT2D eigenvalue weighted by atomic mass is 10.1. The van der Waals surface area contributed by atoms with Gasteiger partial charge < -0.3 is 15.4 Å². The average molecular weight is 372 g/mol. The molecule has 6 heteroatoms. The van der Waals surface area contributed by atoms with Crippen molar-refractivity contribution in [2.45, 2.75) is 13.0 Å². The molecule has 1 aliphatic heterocycles. The molecule has 1 aromatic carbocycles. The molecule has 2 rings (SSSR count). The summed E-state index contributed by atoms with van der Waals surface area (Å²) in [7, 11) is 0. The van der Waals surface area contributed by atoms with E-state index in [-0.39, 0.29) is 6.04 Å². The molecule has 0 aliphatic carbocycles. The van der Waals surface area contributed by atoms with Gasteiger partial charge in [-0.25, -0.2) is 0 Å². The van der Waals surface area contributed by atoms with E-state index in [0.29, 0.717) is 5.11 Å². The Labute approximate surface area is 140 Å². The molecule has 0 amide bonds. The third-order valence-electron chi connectivity index (χ3n) is 3.53. The zero-order chi connectivity index (χ0) is 15.1. The van der Waals surface area contributed by atoms with Crippen molar-refractivity contribution in [1.29, 1.82) is 0 Å². The van der Waals surface area contributed by atoms with E-state index < -0.39 is 0 Å². The number of hydrogen-bond acceptors (Lipinski definition) is 3. The Morgan fingerprint density at radius 1 is 1.33 bits per heavy atom. The molecular weight excluding hydrogens is 350 g/mol. The third-order valence-corrected chi connectivity index (χ3v) is 4.33. The number of halogens is 1. The molecule has 0 aromatic heterocycles. The molecule has 0 radical (unpaired) electrons. The molecule has 4 nitrogen and oxygen atoms in total. The van der Waals surface area contributed by atoms with Crippen molar-refractivity contribution in [3.63, 3.8) is 0 Å². The van der Waals surface area contributed by atoms with Crippen LogP contribution in [0.15, 0.2) is 28.7 Å². The quantitative estimate of drug-likeness (QED) is 0.776. The topological polar surface area (TPSA) is 36.5 Å². The van der Waals surface area contributed by atoms with Crippen molar-refractivity contribution in [3.8, 4) is 0 Å². The first-order valence-electron chi connectivity index (χ1n) is 7.25. The van der Waals surface area contributed by atoms with Gasteiger partial charge in [0.05, 0.1) is 19.3 Å². The Morgan fingerprint density at radius 3 is 2.67 bits per heavy atom. The number of thiocarbonyl (C=S) groups is 1. The summed E-state index contributed by atoms with van der Waals surface area (Å²) in [6, 6.07) is 8.47. The number of nitrogens with zero attached hydrogens (tertiary/aromatic N) is 1. The van der Waals surface area contributed by atoms with Crippen LogP contribution in [0.2, 0.25) is 0 Å². The molecule has 0 spiro atoms. The van der Waals surface area contributed by atoms with Gasteiger partial charge in [0.15, 0.2) is 5.11 Å². The molecule has 0 saturated carbocycles. The highest BCUT2D eigenvalue weighted by molar-refractivity contribution is 9.10. The first kappa shape index (κ1) is 16.7. The second-order valence-electron chi connectivity index (χ2n) is 5.13. The maximum absolute atomic E-state index is 5.35. The van der Waals surface area contributed by atoms with Crippen LogP contribution in [-0.2, 0) is 4.74 Å². The first-order chi connectivity index (χ1) is 10.1. The van der Waals surface area contributed by atoms with Crippen LogP contribution in [0.25, 0.3) is 0 Å². The van der Waals surface area contributed by atoms with Crippen molar-refractivity contribution in [2.75, 3.05) is 39.4 Å². The molecule has 1 aliphatic rings. The molecule has 1 aromatic rings. The fraction of sp³-hybridized carbons (Fsp3) is 0.533. The summed E-state index contributed by atoms with van der Waals surface area (Å²) in [5.74, 6) is 0. The number of rotatable bonds is 5. The Morgan fingerprint density at radius 2 is 2.00 bits per heavy atom. The van der Waals surface area contributed by atoms with Crippen LogP contribution in [-0.4, -0.2) is 49.4 Å². The van der Waals surface area contributed by atoms with Crippen LogP contribution < -0.4 is 10.6 Å². The standard InChI is InChI=1S/C15H22BrN3OS/c1-12(13-2-4-14(16)5-3-13)18-15(21)17-6-7-19-8-10-20-11-9-19/h2-5,12H,6-11H2,1H3,(H2,17,18,21)/t12-/m0/s1. The maximum atomic E-state index is 5.35. The maximum Gasteiger partial charge on any atom is 0.166 e. The van der Waals surface area contributed by atoms with Gasteiger partial charge in [0, 0.05) is 30.7 Å². The van der Waals surface area contributed by atoms with Gasteiger partial charge in [-0.15, -0.1) is 0 Å². The lowest BCUT2D eigenvalue weighted by Crippen LogP contribution is -2.44. The zero-order valence-electron chi connectivity index (χ0n) is 12.3. The fourth-order valence-electron chi connectivity index (χ4n) is 2.23. The van der Waals surface area contributed by atoms with E-state index in [1.807, 2.05) is 12.1 Å². The summed E-state index contributed by atoms with van der Waals surface area (Å²) in [6.45, 7) is 7.66. The molecule has 0 bridgehead atoms. The fourth-order valence-corrected chi connectivity index (χ4v) is 2.78. The summed E-state index contributed by atoms with van der Waals surface area (Å²) in [5, 5.41) is 7.29. The minimum absolute atomic E-state index is 0.196. The molecular formula is C15H22BrN3OS. The highest BCUT2D eigenvalue weighted by atomic mass is 79.9. The normalized spacial score (nSPS) is 17.2. The minimum Gasteiger partial charge on any atom is -0.379 e. The van der Waals surface area contributed by atoms with Gasteiger partial charge in [-0.1, -0.05) is 28.1 Å². The minimum atomic E-state index is 0.196. The highest BCUT2D eigenvalue weighted by Gasteiger charge is 2.10. The second kappa shape index (κ2) is 8.68. The number of ether oxygens (including phenoxy) is 1. The predicted octanol–water partition coefficient (Wildman–Crippen LogP) is 2.31. The van der Waals surface area contributed by atoms with Crippen LogP contribution in [0.4, 0.5) is 0 Å². The molecule has 1 fully saturated rings. The van der Waals surface area contributed by atoms with Gasteiger partial charge in [0.1, 0.15) is 0 Å². The van der Waals surface area contributed by atoms with Crippen molar-refractivity contribution in [1.82, 2.24) is 15.5 Å². The smallest absolute Gasteiger partial charge is 0.166 e. The van der Waals surface area contributed by atoms with Crippen LogP contribution in [0, 0.1) is 0 Å². The van der Waals surface area contributed by atoms with Gasteiger partial charge in [0.25, 0.3) is 0 Å². The van der Waals surface area contributed by atoms with E-state index in [4.69, 9.17) is 17.0 Å². The van der Waals surface area contributed by atoms with Crippen molar-refractivity contribution in [2.24, 2.45) is 0 Å². The zero-order valence-corrected chi connectivity index (χ0v) is 14.7. The summed E-state index contributed by atoms with van der Waals surface area (Å²) < 4.78 is 6.42. The van der Waals surface area contributed by atoms with Gasteiger partial charge in [-0.3, -0.25) is 4.90 Å². The predicted molar refractivity (Wildman–Crippen MR) is 93.6 cm³/mol. The Balaban J connectivity index is 1.67. The van der Waals surface area contributed by atoms with Crippen LogP contribution in [0.3, 0.4) is 0 Å². The molecule has 1 atom stereocenters. The molecule has 116 valence electrons. The Kier molecular flexibility index (Phi) is 6.89. The van der Waals surface area contributed by atoms with Gasteiger partial charge >= 0.3 is 0 Å². The number of hydrogen-bond donors (Lipinski definition) is 2. The lowest BCUT2D eigenvalue weighted by Gasteiger charge is -2.27. The monoisotopic (exact) mass is 371 g/mol. The van der Waals surface area contributed by atoms with E-state index in [2.05, 4.69) is 50.5 Å². The van der Waals surface area contributed by atoms with E-state index in [0.717, 1.165) is 43.9 Å². The molecule has 1 saturated heterocycles. The second-order valence-corrected chi connectivity index (χ2v) is 6.45. The van der Waals surface area contributed by atoms with Crippen LogP contribution in [0.5, 0.6) is 0 Å². The number of benzene rings is 1. The van der Waals surface area contributed by atoms with Crippen molar-refractivity contribution < 1.29 is 4.74 Å². The largest absolute Gasteiger partial charge is 0.379 e.